The first kappa shape index (κ1) is 10.5. The molecule has 80 valence electrons. The summed E-state index contributed by atoms with van der Waals surface area (Å²) in [5.74, 6) is 0. The van der Waals surface area contributed by atoms with Crippen molar-refractivity contribution >= 4 is 27.0 Å². The number of imidazole rings is 1. The van der Waals surface area contributed by atoms with Gasteiger partial charge in [-0.1, -0.05) is 15.9 Å². The average molecular weight is 279 g/mol. The van der Waals surface area contributed by atoms with Gasteiger partial charge in [-0.05, 0) is 18.2 Å². The Morgan fingerprint density at radius 2 is 2.07 bits per heavy atom. The van der Waals surface area contributed by atoms with Crippen LogP contribution in [-0.2, 0) is 6.54 Å². The highest BCUT2D eigenvalue weighted by molar-refractivity contribution is 9.10. The molecule has 0 atom stereocenters. The van der Waals surface area contributed by atoms with Gasteiger partial charge in [0.25, 0.3) is 0 Å². The van der Waals surface area contributed by atoms with Crippen molar-refractivity contribution in [1.29, 1.82) is 0 Å². The molecule has 1 aromatic heterocycles. The lowest BCUT2D eigenvalue weighted by Crippen LogP contribution is -2.16. The molecule has 0 aliphatic carbocycles. The maximum atomic E-state index is 12.2. The number of hydrogen-bond acceptors (Lipinski definition) is 1. The molecule has 0 spiro atoms. The van der Waals surface area contributed by atoms with Crippen LogP contribution >= 0.6 is 15.9 Å². The van der Waals surface area contributed by atoms with E-state index in [1.54, 1.807) is 18.2 Å². The monoisotopic (exact) mass is 278 g/mol. The predicted molar refractivity (Wildman–Crippen MR) is 53.5 cm³/mol. The molecule has 0 aliphatic rings. The molecule has 2 rings (SSSR count). The van der Waals surface area contributed by atoms with E-state index in [0.29, 0.717) is 11.0 Å². The number of alkyl halides is 3. The topological polar surface area (TPSA) is 17.8 Å². The molecule has 2 aromatic rings. The van der Waals surface area contributed by atoms with E-state index in [4.69, 9.17) is 0 Å². The van der Waals surface area contributed by atoms with Crippen LogP contribution in [0.4, 0.5) is 13.2 Å². The molecule has 0 aliphatic heterocycles. The Balaban J connectivity index is 2.45. The van der Waals surface area contributed by atoms with Crippen molar-refractivity contribution in [3.05, 3.63) is 29.0 Å². The van der Waals surface area contributed by atoms with Crippen molar-refractivity contribution in [2.45, 2.75) is 12.7 Å². The van der Waals surface area contributed by atoms with Gasteiger partial charge in [-0.3, -0.25) is 0 Å². The third kappa shape index (κ3) is 2.31. The summed E-state index contributed by atoms with van der Waals surface area (Å²) in [6, 6.07) is 4.98. The second-order valence-electron chi connectivity index (χ2n) is 3.12. The quantitative estimate of drug-likeness (QED) is 0.782. The van der Waals surface area contributed by atoms with E-state index < -0.39 is 12.7 Å². The fourth-order valence-corrected chi connectivity index (χ4v) is 1.71. The summed E-state index contributed by atoms with van der Waals surface area (Å²) in [5.41, 5.74) is 1.03. The van der Waals surface area contributed by atoms with Gasteiger partial charge >= 0.3 is 6.18 Å². The van der Waals surface area contributed by atoms with Crippen LogP contribution in [0.1, 0.15) is 0 Å². The van der Waals surface area contributed by atoms with Crippen molar-refractivity contribution in [3.63, 3.8) is 0 Å². The zero-order valence-corrected chi connectivity index (χ0v) is 9.01. The van der Waals surface area contributed by atoms with E-state index in [9.17, 15) is 13.2 Å². The summed E-state index contributed by atoms with van der Waals surface area (Å²) >= 11 is 3.23. The first-order valence-corrected chi connectivity index (χ1v) is 4.92. The van der Waals surface area contributed by atoms with Gasteiger partial charge in [0.05, 0.1) is 17.4 Å². The van der Waals surface area contributed by atoms with Crippen molar-refractivity contribution in [2.75, 3.05) is 0 Å². The number of nitrogens with zero attached hydrogens (tertiary/aromatic N) is 2. The van der Waals surface area contributed by atoms with Crippen LogP contribution in [0.15, 0.2) is 29.0 Å². The molecular formula is C9H6BrF3N2. The first-order chi connectivity index (χ1) is 6.96. The summed E-state index contributed by atoms with van der Waals surface area (Å²) in [6.07, 6.45) is -3.02. The van der Waals surface area contributed by atoms with E-state index >= 15 is 0 Å². The smallest absolute Gasteiger partial charge is 0.321 e. The molecule has 0 radical (unpaired) electrons. The van der Waals surface area contributed by atoms with Gasteiger partial charge in [-0.25, -0.2) is 4.98 Å². The first-order valence-electron chi connectivity index (χ1n) is 4.13. The number of benzene rings is 1. The second kappa shape index (κ2) is 3.52. The SMILES string of the molecule is FC(F)(F)Cn1cnc2cc(Br)ccc21. The summed E-state index contributed by atoms with van der Waals surface area (Å²) in [4.78, 5) is 3.90. The van der Waals surface area contributed by atoms with Crippen LogP contribution in [0.5, 0.6) is 0 Å². The lowest BCUT2D eigenvalue weighted by molar-refractivity contribution is -0.139. The van der Waals surface area contributed by atoms with Crippen molar-refractivity contribution in [2.24, 2.45) is 0 Å². The van der Waals surface area contributed by atoms with Gasteiger partial charge in [0.1, 0.15) is 6.54 Å². The molecular weight excluding hydrogens is 273 g/mol. The number of rotatable bonds is 1. The minimum atomic E-state index is -4.22. The van der Waals surface area contributed by atoms with Gasteiger partial charge in [0, 0.05) is 4.47 Å². The van der Waals surface area contributed by atoms with Crippen molar-refractivity contribution < 1.29 is 13.2 Å². The summed E-state index contributed by atoms with van der Waals surface area (Å²) in [6.45, 7) is -1.01. The zero-order valence-electron chi connectivity index (χ0n) is 7.42. The van der Waals surface area contributed by atoms with E-state index in [1.165, 1.54) is 6.33 Å². The summed E-state index contributed by atoms with van der Waals surface area (Å²) < 4.78 is 38.4. The van der Waals surface area contributed by atoms with E-state index in [1.807, 2.05) is 0 Å². The van der Waals surface area contributed by atoms with Crippen LogP contribution in [0.3, 0.4) is 0 Å². The molecule has 1 aromatic carbocycles. The lowest BCUT2D eigenvalue weighted by Gasteiger charge is -2.07. The molecule has 0 unspecified atom stereocenters. The summed E-state index contributed by atoms with van der Waals surface area (Å²) in [7, 11) is 0. The largest absolute Gasteiger partial charge is 0.406 e. The van der Waals surface area contributed by atoms with Crippen molar-refractivity contribution in [3.8, 4) is 0 Å². The molecule has 0 saturated heterocycles. The fourth-order valence-electron chi connectivity index (χ4n) is 1.36. The Bertz CT molecular complexity index is 490. The second-order valence-corrected chi connectivity index (χ2v) is 4.04. The highest BCUT2D eigenvalue weighted by Crippen LogP contribution is 2.23. The van der Waals surface area contributed by atoms with E-state index in [0.717, 1.165) is 9.04 Å². The molecule has 0 amide bonds. The van der Waals surface area contributed by atoms with Crippen LogP contribution in [0.25, 0.3) is 11.0 Å². The Labute approximate surface area is 91.8 Å². The molecule has 0 bridgehead atoms. The Morgan fingerprint density at radius 1 is 1.33 bits per heavy atom. The maximum absolute atomic E-state index is 12.2. The Morgan fingerprint density at radius 3 is 2.73 bits per heavy atom. The predicted octanol–water partition coefficient (Wildman–Crippen LogP) is 3.36. The lowest BCUT2D eigenvalue weighted by atomic mass is 10.3. The fraction of sp³-hybridized carbons (Fsp3) is 0.222. The normalized spacial score (nSPS) is 12.3. The standard InChI is InChI=1S/C9H6BrF3N2/c10-6-1-2-8-7(3-6)14-5-15(8)4-9(11,12)13/h1-3,5H,4H2. The van der Waals surface area contributed by atoms with Gasteiger partial charge in [0.15, 0.2) is 0 Å². The Kier molecular flexibility index (Phi) is 2.46. The number of halogens is 4. The molecule has 2 nitrogen and oxygen atoms in total. The molecule has 15 heavy (non-hydrogen) atoms. The average Bonchev–Trinajstić information content (AvgIpc) is 2.45. The minimum absolute atomic E-state index is 0.482. The third-order valence-electron chi connectivity index (χ3n) is 1.93. The molecule has 1 heterocycles. The van der Waals surface area contributed by atoms with Gasteiger partial charge in [0.2, 0.25) is 0 Å². The molecule has 0 fully saturated rings. The van der Waals surface area contributed by atoms with E-state index in [-0.39, 0.29) is 0 Å². The van der Waals surface area contributed by atoms with Crippen molar-refractivity contribution in [1.82, 2.24) is 9.55 Å². The van der Waals surface area contributed by atoms with Gasteiger partial charge in [-0.15, -0.1) is 0 Å². The highest BCUT2D eigenvalue weighted by Gasteiger charge is 2.28. The van der Waals surface area contributed by atoms with E-state index in [2.05, 4.69) is 20.9 Å². The van der Waals surface area contributed by atoms with Gasteiger partial charge < -0.3 is 4.57 Å². The molecule has 0 saturated carbocycles. The number of fused-ring (bicyclic) bond motifs is 1. The molecule has 0 N–H and O–H groups in total. The number of hydrogen-bond donors (Lipinski definition) is 0. The van der Waals surface area contributed by atoms with Gasteiger partial charge in [-0.2, -0.15) is 13.2 Å². The van der Waals surface area contributed by atoms with Crippen LogP contribution in [-0.4, -0.2) is 15.7 Å². The summed E-state index contributed by atoms with van der Waals surface area (Å²) in [5, 5.41) is 0. The van der Waals surface area contributed by atoms with Crippen LogP contribution in [0, 0.1) is 0 Å². The Hall–Kier alpha value is -1.04. The maximum Gasteiger partial charge on any atom is 0.406 e. The van der Waals surface area contributed by atoms with Crippen LogP contribution in [0.2, 0.25) is 0 Å². The zero-order chi connectivity index (χ0) is 11.1. The number of aromatic nitrogens is 2. The minimum Gasteiger partial charge on any atom is -0.321 e. The highest BCUT2D eigenvalue weighted by atomic mass is 79.9. The van der Waals surface area contributed by atoms with Crippen LogP contribution < -0.4 is 0 Å². The third-order valence-corrected chi connectivity index (χ3v) is 2.43. The molecule has 6 heteroatoms.